The van der Waals surface area contributed by atoms with Crippen molar-refractivity contribution in [1.29, 1.82) is 0 Å². The fraction of sp³-hybridized carbons (Fsp3) is 0.333. The zero-order chi connectivity index (χ0) is 9.90. The Balaban J connectivity index is 2.60. The van der Waals surface area contributed by atoms with Crippen LogP contribution in [-0.4, -0.2) is 6.18 Å². The van der Waals surface area contributed by atoms with Crippen molar-refractivity contribution in [1.82, 2.24) is 0 Å². The van der Waals surface area contributed by atoms with Gasteiger partial charge in [0.2, 0.25) is 0 Å². The molecule has 0 saturated carbocycles. The van der Waals surface area contributed by atoms with Gasteiger partial charge in [-0.2, -0.15) is 13.2 Å². The lowest BCUT2D eigenvalue weighted by Crippen LogP contribution is -2.08. The summed E-state index contributed by atoms with van der Waals surface area (Å²) >= 11 is 3.20. The van der Waals surface area contributed by atoms with Crippen LogP contribution >= 0.6 is 15.9 Å². The van der Waals surface area contributed by atoms with Crippen molar-refractivity contribution in [2.75, 3.05) is 0 Å². The summed E-state index contributed by atoms with van der Waals surface area (Å²) in [6.07, 6.45) is -4.81. The molecule has 1 aromatic carbocycles. The first-order chi connectivity index (χ1) is 5.99. The highest BCUT2D eigenvalue weighted by molar-refractivity contribution is 9.10. The van der Waals surface area contributed by atoms with E-state index in [1.807, 2.05) is 0 Å². The predicted molar refractivity (Wildman–Crippen MR) is 48.5 cm³/mol. The van der Waals surface area contributed by atoms with Gasteiger partial charge in [0, 0.05) is 10.9 Å². The van der Waals surface area contributed by atoms with E-state index >= 15 is 0 Å². The third-order valence-electron chi connectivity index (χ3n) is 1.64. The van der Waals surface area contributed by atoms with Crippen LogP contribution in [0.3, 0.4) is 0 Å². The Hall–Kier alpha value is -0.510. The van der Waals surface area contributed by atoms with Crippen molar-refractivity contribution in [3.8, 4) is 0 Å². The van der Waals surface area contributed by atoms with E-state index in [0.717, 1.165) is 4.47 Å². The van der Waals surface area contributed by atoms with Gasteiger partial charge < -0.3 is 0 Å². The Kier molecular flexibility index (Phi) is 3.36. The molecular formula is C9H8BrF3. The van der Waals surface area contributed by atoms with Crippen LogP contribution in [0, 0.1) is 0 Å². The Morgan fingerprint density at radius 3 is 2.31 bits per heavy atom. The summed E-state index contributed by atoms with van der Waals surface area (Å²) in [7, 11) is 0. The molecule has 0 bridgehead atoms. The predicted octanol–water partition coefficient (Wildman–Crippen LogP) is 3.94. The molecule has 0 aromatic heterocycles. The smallest absolute Gasteiger partial charge is 0.171 e. The van der Waals surface area contributed by atoms with E-state index in [1.54, 1.807) is 24.3 Å². The molecule has 0 aliphatic carbocycles. The van der Waals surface area contributed by atoms with Gasteiger partial charge in [-0.05, 0) is 18.1 Å². The highest BCUT2D eigenvalue weighted by Crippen LogP contribution is 2.25. The molecule has 0 aliphatic heterocycles. The summed E-state index contributed by atoms with van der Waals surface area (Å²) in [5, 5.41) is 0. The average Bonchev–Trinajstić information content (AvgIpc) is 2.01. The number of halogens is 4. The van der Waals surface area contributed by atoms with Gasteiger partial charge in [0.1, 0.15) is 0 Å². The molecule has 72 valence electrons. The van der Waals surface area contributed by atoms with Crippen LogP contribution in [0.4, 0.5) is 13.2 Å². The lowest BCUT2D eigenvalue weighted by atomic mass is 10.1. The third kappa shape index (κ3) is 3.81. The molecule has 0 N–H and O–H groups in total. The number of aryl methyl sites for hydroxylation is 1. The van der Waals surface area contributed by atoms with E-state index in [4.69, 9.17) is 0 Å². The molecule has 1 aromatic rings. The molecule has 0 fully saturated rings. The maximum absolute atomic E-state index is 11.9. The summed E-state index contributed by atoms with van der Waals surface area (Å²) in [5.41, 5.74) is 0.694. The number of alkyl halides is 3. The molecule has 13 heavy (non-hydrogen) atoms. The number of hydrogen-bond donors (Lipinski definition) is 0. The molecule has 0 unspecified atom stereocenters. The quantitative estimate of drug-likeness (QED) is 0.748. The second kappa shape index (κ2) is 4.13. The van der Waals surface area contributed by atoms with Gasteiger partial charge >= 0.3 is 6.18 Å². The van der Waals surface area contributed by atoms with Crippen LogP contribution in [0.2, 0.25) is 0 Å². The molecular weight excluding hydrogens is 245 g/mol. The van der Waals surface area contributed by atoms with Gasteiger partial charge in [0.15, 0.2) is 0 Å². The minimum Gasteiger partial charge on any atom is -0.171 e. The molecule has 0 nitrogen and oxygen atoms in total. The van der Waals surface area contributed by atoms with E-state index < -0.39 is 12.6 Å². The fourth-order valence-corrected chi connectivity index (χ4v) is 1.46. The van der Waals surface area contributed by atoms with E-state index in [2.05, 4.69) is 15.9 Å². The van der Waals surface area contributed by atoms with Gasteiger partial charge in [-0.25, -0.2) is 0 Å². The second-order valence-corrected chi connectivity index (χ2v) is 3.56. The van der Waals surface area contributed by atoms with E-state index in [0.29, 0.717) is 5.56 Å². The van der Waals surface area contributed by atoms with Crippen LogP contribution in [0.1, 0.15) is 12.0 Å². The molecule has 0 amide bonds. The van der Waals surface area contributed by atoms with Crippen LogP contribution in [0.15, 0.2) is 28.7 Å². The minimum atomic E-state index is -4.07. The topological polar surface area (TPSA) is 0 Å². The van der Waals surface area contributed by atoms with E-state index in [-0.39, 0.29) is 6.42 Å². The Bertz CT molecular complexity index is 280. The van der Waals surface area contributed by atoms with Crippen molar-refractivity contribution >= 4 is 15.9 Å². The summed E-state index contributed by atoms with van der Waals surface area (Å²) in [4.78, 5) is 0. The van der Waals surface area contributed by atoms with E-state index in [9.17, 15) is 13.2 Å². The fourth-order valence-electron chi connectivity index (χ4n) is 0.978. The van der Waals surface area contributed by atoms with Crippen molar-refractivity contribution in [3.05, 3.63) is 34.3 Å². The minimum absolute atomic E-state index is 0.0327. The van der Waals surface area contributed by atoms with Crippen molar-refractivity contribution < 1.29 is 13.2 Å². The Morgan fingerprint density at radius 2 is 1.77 bits per heavy atom. The average molecular weight is 253 g/mol. The summed E-state index contributed by atoms with van der Waals surface area (Å²) in [6, 6.07) is 6.94. The Labute approximate surface area is 82.9 Å². The molecule has 0 saturated heterocycles. The van der Waals surface area contributed by atoms with Crippen LogP contribution in [-0.2, 0) is 6.42 Å². The van der Waals surface area contributed by atoms with Gasteiger partial charge in [0.05, 0.1) is 0 Å². The van der Waals surface area contributed by atoms with Gasteiger partial charge in [-0.3, -0.25) is 0 Å². The highest BCUT2D eigenvalue weighted by atomic mass is 79.9. The lowest BCUT2D eigenvalue weighted by molar-refractivity contribution is -0.134. The maximum Gasteiger partial charge on any atom is 0.389 e. The third-order valence-corrected chi connectivity index (χ3v) is 2.41. The molecule has 0 atom stereocenters. The van der Waals surface area contributed by atoms with Crippen molar-refractivity contribution in [3.63, 3.8) is 0 Å². The molecule has 0 heterocycles. The van der Waals surface area contributed by atoms with Gasteiger partial charge in [-0.15, -0.1) is 0 Å². The van der Waals surface area contributed by atoms with Crippen molar-refractivity contribution in [2.24, 2.45) is 0 Å². The Morgan fingerprint density at radius 1 is 1.15 bits per heavy atom. The summed E-state index contributed by atoms with van der Waals surface area (Å²) < 4.78 is 36.3. The zero-order valence-corrected chi connectivity index (χ0v) is 8.32. The van der Waals surface area contributed by atoms with Crippen molar-refractivity contribution in [2.45, 2.75) is 19.0 Å². The highest BCUT2D eigenvalue weighted by Gasteiger charge is 2.26. The maximum atomic E-state index is 11.9. The van der Waals surface area contributed by atoms with Crippen LogP contribution in [0.5, 0.6) is 0 Å². The summed E-state index contributed by atoms with van der Waals surface area (Å²) in [6.45, 7) is 0. The lowest BCUT2D eigenvalue weighted by Gasteiger charge is -2.06. The monoisotopic (exact) mass is 252 g/mol. The number of benzene rings is 1. The largest absolute Gasteiger partial charge is 0.389 e. The summed E-state index contributed by atoms with van der Waals surface area (Å²) in [5.74, 6) is 0. The molecule has 0 radical (unpaired) electrons. The first kappa shape index (κ1) is 10.6. The van der Waals surface area contributed by atoms with Crippen LogP contribution in [0.25, 0.3) is 0 Å². The SMILES string of the molecule is FC(F)(F)CCc1ccccc1Br. The zero-order valence-electron chi connectivity index (χ0n) is 6.74. The second-order valence-electron chi connectivity index (χ2n) is 2.71. The molecule has 4 heteroatoms. The first-order valence-electron chi connectivity index (χ1n) is 3.79. The van der Waals surface area contributed by atoms with Gasteiger partial charge in [0.25, 0.3) is 0 Å². The molecule has 1 rings (SSSR count). The normalized spacial score (nSPS) is 11.7. The molecule has 0 spiro atoms. The van der Waals surface area contributed by atoms with E-state index in [1.165, 1.54) is 0 Å². The number of rotatable bonds is 2. The molecule has 0 aliphatic rings. The number of hydrogen-bond acceptors (Lipinski definition) is 0. The first-order valence-corrected chi connectivity index (χ1v) is 4.58. The van der Waals surface area contributed by atoms with Gasteiger partial charge in [-0.1, -0.05) is 34.1 Å². The van der Waals surface area contributed by atoms with Crippen LogP contribution < -0.4 is 0 Å². The standard InChI is InChI=1S/C9H8BrF3/c10-8-4-2-1-3-7(8)5-6-9(11,12)13/h1-4H,5-6H2.